The van der Waals surface area contributed by atoms with Gasteiger partial charge in [-0.15, -0.1) is 0 Å². The van der Waals surface area contributed by atoms with E-state index in [0.717, 1.165) is 57.9 Å². The maximum Gasteiger partial charge on any atom is 0.306 e. The van der Waals surface area contributed by atoms with E-state index >= 15 is 0 Å². The van der Waals surface area contributed by atoms with E-state index in [1.165, 1.54) is 19.3 Å². The predicted molar refractivity (Wildman–Crippen MR) is 134 cm³/mol. The van der Waals surface area contributed by atoms with Gasteiger partial charge in [0.2, 0.25) is 5.88 Å². The molecule has 2 unspecified atom stereocenters. The first-order valence-corrected chi connectivity index (χ1v) is 12.2. The van der Waals surface area contributed by atoms with Crippen LogP contribution in [0.4, 0.5) is 0 Å². The summed E-state index contributed by atoms with van der Waals surface area (Å²) in [6, 6.07) is 7.86. The van der Waals surface area contributed by atoms with Gasteiger partial charge in [0.25, 0.3) is 0 Å². The first-order chi connectivity index (χ1) is 16.9. The van der Waals surface area contributed by atoms with Crippen LogP contribution in [0.2, 0.25) is 0 Å². The Morgan fingerprint density at radius 3 is 2.60 bits per heavy atom. The number of aryl methyl sites for hydroxylation is 3. The molecule has 7 nitrogen and oxygen atoms in total. The van der Waals surface area contributed by atoms with Gasteiger partial charge in [0.15, 0.2) is 0 Å². The first-order valence-electron chi connectivity index (χ1n) is 12.2. The minimum Gasteiger partial charge on any atom is -0.484 e. The summed E-state index contributed by atoms with van der Waals surface area (Å²) in [7, 11) is 1.59. The smallest absolute Gasteiger partial charge is 0.306 e. The Morgan fingerprint density at radius 1 is 1.17 bits per heavy atom. The lowest BCUT2D eigenvalue weighted by molar-refractivity contribution is -0.141. The summed E-state index contributed by atoms with van der Waals surface area (Å²) in [5.74, 6) is 0.101. The van der Waals surface area contributed by atoms with Gasteiger partial charge in [-0.05, 0) is 55.9 Å². The van der Waals surface area contributed by atoms with Crippen molar-refractivity contribution in [1.29, 1.82) is 0 Å². The number of aromatic nitrogens is 3. The van der Waals surface area contributed by atoms with Gasteiger partial charge < -0.3 is 14.6 Å². The summed E-state index contributed by atoms with van der Waals surface area (Å²) in [5, 5.41) is 9.20. The van der Waals surface area contributed by atoms with E-state index in [2.05, 4.69) is 4.98 Å². The molecule has 7 heteroatoms. The molecule has 0 amide bonds. The minimum absolute atomic E-state index is 0.190. The maximum absolute atomic E-state index is 11.2. The van der Waals surface area contributed by atoms with E-state index in [1.807, 2.05) is 38.1 Å². The molecule has 0 bridgehead atoms. The maximum atomic E-state index is 11.2. The molecule has 1 aliphatic heterocycles. The lowest BCUT2D eigenvalue weighted by Gasteiger charge is -2.27. The standard InChI is InChI=1S/C25H27N3O4.C3H6/c1-14(25(29)30)9-17-5-6-18-7-8-21(32-22(18)10-17)24-16(3)28-20(13-27-24)19-11-23(31-4)26-12-15(19)2;1-2-3-1/h5-6,10-14,21H,7-9H2,1-4H3,(H,29,30);1-3H2. The molecule has 5 rings (SSSR count). The number of methoxy groups -OCH3 is 1. The van der Waals surface area contributed by atoms with Crippen LogP contribution in [0.5, 0.6) is 11.6 Å². The van der Waals surface area contributed by atoms with Gasteiger partial charge in [-0.25, -0.2) is 9.97 Å². The average molecular weight is 476 g/mol. The molecule has 0 spiro atoms. The summed E-state index contributed by atoms with van der Waals surface area (Å²) in [6.07, 6.45) is 10.0. The first kappa shape index (κ1) is 24.6. The second-order valence-electron chi connectivity index (χ2n) is 9.36. The van der Waals surface area contributed by atoms with Crippen molar-refractivity contribution in [2.24, 2.45) is 5.92 Å². The van der Waals surface area contributed by atoms with Gasteiger partial charge in [-0.3, -0.25) is 9.78 Å². The molecule has 35 heavy (non-hydrogen) atoms. The highest BCUT2D eigenvalue weighted by Gasteiger charge is 2.25. The summed E-state index contributed by atoms with van der Waals surface area (Å²) in [5.41, 5.74) is 6.44. The highest BCUT2D eigenvalue weighted by Crippen LogP contribution is 2.36. The van der Waals surface area contributed by atoms with E-state index < -0.39 is 11.9 Å². The Hall–Kier alpha value is -3.48. The van der Waals surface area contributed by atoms with Crippen LogP contribution in [0, 0.1) is 19.8 Å². The molecule has 2 aromatic heterocycles. The van der Waals surface area contributed by atoms with Crippen LogP contribution in [0.1, 0.15) is 66.8 Å². The number of rotatable bonds is 6. The molecule has 0 saturated heterocycles. The lowest BCUT2D eigenvalue weighted by Crippen LogP contribution is -2.19. The molecule has 184 valence electrons. The molecule has 3 aromatic rings. The average Bonchev–Trinajstić information content (AvgIpc) is 3.73. The third kappa shape index (κ3) is 6.15. The van der Waals surface area contributed by atoms with Gasteiger partial charge >= 0.3 is 5.97 Å². The van der Waals surface area contributed by atoms with Crippen LogP contribution in [0.25, 0.3) is 11.3 Å². The molecule has 1 aliphatic carbocycles. The number of carboxylic acid groups (broad SMARTS) is 1. The Balaban J connectivity index is 0.000000894. The van der Waals surface area contributed by atoms with Crippen molar-refractivity contribution in [3.05, 3.63) is 64.7 Å². The highest BCUT2D eigenvalue weighted by molar-refractivity contribution is 5.70. The van der Waals surface area contributed by atoms with Crippen LogP contribution in [-0.2, 0) is 17.6 Å². The molecular formula is C28H33N3O4. The molecule has 1 fully saturated rings. The van der Waals surface area contributed by atoms with Crippen molar-refractivity contribution in [3.63, 3.8) is 0 Å². The number of hydrogen-bond donors (Lipinski definition) is 1. The van der Waals surface area contributed by atoms with Gasteiger partial charge in [-0.2, -0.15) is 0 Å². The molecule has 2 atom stereocenters. The summed E-state index contributed by atoms with van der Waals surface area (Å²) < 4.78 is 11.6. The number of carboxylic acids is 1. The zero-order chi connectivity index (χ0) is 24.9. The topological polar surface area (TPSA) is 94.4 Å². The largest absolute Gasteiger partial charge is 0.484 e. The molecule has 1 saturated carbocycles. The SMILES string of the molecule is C1CC1.COc1cc(-c2cnc(C3CCc4ccc(CC(C)C(=O)O)cc4O3)c(C)n2)c(C)cn1. The fraction of sp³-hybridized carbons (Fsp3) is 0.429. The number of hydrogen-bond acceptors (Lipinski definition) is 6. The Bertz CT molecular complexity index is 1210. The van der Waals surface area contributed by atoms with Crippen LogP contribution in [0.15, 0.2) is 36.7 Å². The van der Waals surface area contributed by atoms with Crippen molar-refractivity contribution >= 4 is 5.97 Å². The van der Waals surface area contributed by atoms with E-state index in [4.69, 9.17) is 19.4 Å². The lowest BCUT2D eigenvalue weighted by atomic mass is 9.95. The number of nitrogens with zero attached hydrogens (tertiary/aromatic N) is 3. The highest BCUT2D eigenvalue weighted by atomic mass is 16.5. The third-order valence-corrected chi connectivity index (χ3v) is 6.25. The van der Waals surface area contributed by atoms with Crippen LogP contribution < -0.4 is 9.47 Å². The number of pyridine rings is 1. The van der Waals surface area contributed by atoms with E-state index in [0.29, 0.717) is 12.3 Å². The molecule has 3 heterocycles. The zero-order valence-electron chi connectivity index (χ0n) is 20.9. The van der Waals surface area contributed by atoms with Crippen molar-refractivity contribution < 1.29 is 19.4 Å². The zero-order valence-corrected chi connectivity index (χ0v) is 20.9. The Kier molecular flexibility index (Phi) is 7.63. The van der Waals surface area contributed by atoms with Crippen molar-refractivity contribution in [2.75, 3.05) is 7.11 Å². The fourth-order valence-electron chi connectivity index (χ4n) is 4.00. The third-order valence-electron chi connectivity index (χ3n) is 6.25. The predicted octanol–water partition coefficient (Wildman–Crippen LogP) is 5.66. The second kappa shape index (κ2) is 10.8. The van der Waals surface area contributed by atoms with Crippen LogP contribution >= 0.6 is 0 Å². The Labute approximate surface area is 206 Å². The summed E-state index contributed by atoms with van der Waals surface area (Å²) in [4.78, 5) is 24.9. The Morgan fingerprint density at radius 2 is 1.94 bits per heavy atom. The normalized spacial score (nSPS) is 16.7. The molecule has 1 aromatic carbocycles. The van der Waals surface area contributed by atoms with Gasteiger partial charge in [0.05, 0.1) is 30.6 Å². The van der Waals surface area contributed by atoms with E-state index in [1.54, 1.807) is 26.4 Å². The summed E-state index contributed by atoms with van der Waals surface area (Å²) in [6.45, 7) is 5.64. The minimum atomic E-state index is -0.797. The summed E-state index contributed by atoms with van der Waals surface area (Å²) >= 11 is 0. The molecule has 2 aliphatic rings. The second-order valence-corrected chi connectivity index (χ2v) is 9.36. The number of aliphatic carboxylic acids is 1. The monoisotopic (exact) mass is 475 g/mol. The fourth-order valence-corrected chi connectivity index (χ4v) is 4.00. The van der Waals surface area contributed by atoms with Crippen molar-refractivity contribution in [3.8, 4) is 22.9 Å². The molecular weight excluding hydrogens is 442 g/mol. The van der Waals surface area contributed by atoms with E-state index in [9.17, 15) is 9.90 Å². The number of ether oxygens (including phenoxy) is 2. The van der Waals surface area contributed by atoms with Gasteiger partial charge in [0.1, 0.15) is 17.5 Å². The number of benzene rings is 1. The van der Waals surface area contributed by atoms with E-state index in [-0.39, 0.29) is 6.10 Å². The van der Waals surface area contributed by atoms with Crippen LogP contribution in [0.3, 0.4) is 0 Å². The number of fused-ring (bicyclic) bond motifs is 1. The van der Waals surface area contributed by atoms with Gasteiger partial charge in [0, 0.05) is 17.8 Å². The van der Waals surface area contributed by atoms with Crippen molar-refractivity contribution in [1.82, 2.24) is 15.0 Å². The van der Waals surface area contributed by atoms with Crippen molar-refractivity contribution in [2.45, 2.75) is 65.4 Å². The van der Waals surface area contributed by atoms with Gasteiger partial charge in [-0.1, -0.05) is 38.3 Å². The quantitative estimate of drug-likeness (QED) is 0.491. The number of carbonyl (C=O) groups is 1. The molecule has 0 radical (unpaired) electrons. The van der Waals surface area contributed by atoms with Crippen LogP contribution in [-0.4, -0.2) is 33.1 Å². The molecule has 1 N–H and O–H groups in total.